The van der Waals surface area contributed by atoms with Crippen molar-refractivity contribution in [2.75, 3.05) is 40.5 Å². The SMILES string of the molecule is CN(C)CCOC12CCC(OC34CCC(O)(C(CO)O3)C(O)C4O)(C(CO)O1)C(O)C2O. The van der Waals surface area contributed by atoms with E-state index in [-0.39, 0.29) is 32.3 Å². The number of aliphatic hydroxyl groups excluding tert-OH is 6. The van der Waals surface area contributed by atoms with Gasteiger partial charge in [-0.3, -0.25) is 0 Å². The zero-order chi connectivity index (χ0) is 23.5. The lowest BCUT2D eigenvalue weighted by Crippen LogP contribution is -2.82. The molecule has 10 unspecified atom stereocenters. The average Bonchev–Trinajstić information content (AvgIpc) is 2.77. The van der Waals surface area contributed by atoms with E-state index in [1.165, 1.54) is 0 Å². The summed E-state index contributed by atoms with van der Waals surface area (Å²) in [6.07, 6.45) is -8.68. The average molecular weight is 465 g/mol. The molecule has 2 aliphatic carbocycles. The fraction of sp³-hybridized carbons (Fsp3) is 1.00. The Hall–Kier alpha value is -0.480. The highest BCUT2D eigenvalue weighted by Crippen LogP contribution is 2.55. The van der Waals surface area contributed by atoms with Gasteiger partial charge in [-0.05, 0) is 26.9 Å². The standard InChI is InChI=1S/C20H35NO11/c1-21(2)7-8-29-19-6-4-18(12(10-23)31-19,14(25)16(19)27)32-20-5-3-17(28,11(9-22)30-20)13(24)15(20)26/h11-16,22-28H,3-10H2,1-2H3. The molecule has 10 atom stereocenters. The third kappa shape index (κ3) is 3.36. The van der Waals surface area contributed by atoms with Crippen molar-refractivity contribution in [3.8, 4) is 0 Å². The van der Waals surface area contributed by atoms with Crippen molar-refractivity contribution in [1.29, 1.82) is 0 Å². The van der Waals surface area contributed by atoms with E-state index in [2.05, 4.69) is 0 Å². The molecule has 6 fully saturated rings. The number of fused-ring (bicyclic) bond motifs is 6. The van der Waals surface area contributed by atoms with Gasteiger partial charge in [0.05, 0.1) is 19.8 Å². The molecule has 0 amide bonds. The van der Waals surface area contributed by atoms with E-state index in [1.807, 2.05) is 19.0 Å². The first-order valence-electron chi connectivity index (χ1n) is 11.0. The Labute approximate surface area is 185 Å². The Kier molecular flexibility index (Phi) is 6.41. The van der Waals surface area contributed by atoms with E-state index in [9.17, 15) is 35.7 Å². The molecule has 0 spiro atoms. The largest absolute Gasteiger partial charge is 0.394 e. The zero-order valence-corrected chi connectivity index (χ0v) is 18.3. The van der Waals surface area contributed by atoms with Crippen molar-refractivity contribution >= 4 is 0 Å². The maximum atomic E-state index is 11.1. The van der Waals surface area contributed by atoms with Gasteiger partial charge in [0.15, 0.2) is 11.6 Å². The summed E-state index contributed by atoms with van der Waals surface area (Å²) in [5.74, 6) is -3.42. The molecule has 4 saturated heterocycles. The summed E-state index contributed by atoms with van der Waals surface area (Å²) in [7, 11) is 3.72. The second kappa shape index (κ2) is 8.33. The van der Waals surface area contributed by atoms with Crippen LogP contribution in [0, 0.1) is 0 Å². The van der Waals surface area contributed by atoms with Crippen LogP contribution >= 0.6 is 0 Å². The van der Waals surface area contributed by atoms with Gasteiger partial charge in [0, 0.05) is 19.4 Å². The van der Waals surface area contributed by atoms with Gasteiger partial charge in [-0.2, -0.15) is 0 Å². The number of hydrogen-bond acceptors (Lipinski definition) is 12. The van der Waals surface area contributed by atoms with Crippen molar-refractivity contribution in [3.63, 3.8) is 0 Å². The summed E-state index contributed by atoms with van der Waals surface area (Å²) in [6, 6.07) is 0. The Morgan fingerprint density at radius 1 is 0.812 bits per heavy atom. The van der Waals surface area contributed by atoms with Crippen LogP contribution in [0.25, 0.3) is 0 Å². The van der Waals surface area contributed by atoms with Crippen LogP contribution in [0.1, 0.15) is 25.7 Å². The molecule has 2 saturated carbocycles. The van der Waals surface area contributed by atoms with Crippen LogP contribution in [0.2, 0.25) is 0 Å². The molecule has 4 aliphatic heterocycles. The number of hydrogen-bond donors (Lipinski definition) is 7. The smallest absolute Gasteiger partial charge is 0.198 e. The molecule has 32 heavy (non-hydrogen) atoms. The first-order valence-corrected chi connectivity index (χ1v) is 11.0. The van der Waals surface area contributed by atoms with Crippen LogP contribution in [-0.4, -0.2) is 141 Å². The van der Waals surface area contributed by atoms with E-state index in [0.717, 1.165) is 0 Å². The summed E-state index contributed by atoms with van der Waals surface area (Å²) in [4.78, 5) is 1.89. The van der Waals surface area contributed by atoms with E-state index < -0.39 is 72.6 Å². The molecular formula is C20H35NO11. The minimum absolute atomic E-state index is 0.0343. The second-order valence-electron chi connectivity index (χ2n) is 9.68. The summed E-state index contributed by atoms with van der Waals surface area (Å²) in [5.41, 5.74) is -3.54. The Balaban J connectivity index is 1.61. The van der Waals surface area contributed by atoms with Gasteiger partial charge in [0.1, 0.15) is 47.8 Å². The number of ether oxygens (including phenoxy) is 4. The first kappa shape index (κ1) is 24.6. The van der Waals surface area contributed by atoms with Gasteiger partial charge >= 0.3 is 0 Å². The maximum absolute atomic E-state index is 11.1. The summed E-state index contributed by atoms with van der Waals surface area (Å²) >= 11 is 0. The molecule has 0 aromatic carbocycles. The normalized spacial score (nSPS) is 52.7. The highest BCUT2D eigenvalue weighted by atomic mass is 16.8. The third-order valence-electron chi connectivity index (χ3n) is 7.62. The van der Waals surface area contributed by atoms with Crippen molar-refractivity contribution in [2.24, 2.45) is 0 Å². The van der Waals surface area contributed by atoms with Crippen LogP contribution in [0.3, 0.4) is 0 Å². The number of aliphatic hydroxyl groups is 7. The Morgan fingerprint density at radius 3 is 2.03 bits per heavy atom. The molecular weight excluding hydrogens is 430 g/mol. The van der Waals surface area contributed by atoms with E-state index >= 15 is 0 Å². The topological polar surface area (TPSA) is 182 Å². The van der Waals surface area contributed by atoms with Crippen LogP contribution in [-0.2, 0) is 18.9 Å². The van der Waals surface area contributed by atoms with Gasteiger partial charge in [-0.15, -0.1) is 0 Å². The molecule has 0 aromatic rings. The number of likely N-dealkylation sites (N-methyl/N-ethyl adjacent to an activating group) is 1. The molecule has 6 rings (SSSR count). The molecule has 0 aromatic heterocycles. The van der Waals surface area contributed by atoms with Crippen molar-refractivity contribution < 1.29 is 54.7 Å². The maximum Gasteiger partial charge on any atom is 0.198 e. The molecule has 12 nitrogen and oxygen atoms in total. The van der Waals surface area contributed by atoms with Crippen molar-refractivity contribution in [1.82, 2.24) is 4.90 Å². The predicted octanol–water partition coefficient (Wildman–Crippen LogP) is -3.74. The van der Waals surface area contributed by atoms with Crippen molar-refractivity contribution in [2.45, 2.75) is 85.1 Å². The summed E-state index contributed by atoms with van der Waals surface area (Å²) in [6.45, 7) is -0.444. The van der Waals surface area contributed by atoms with Crippen LogP contribution < -0.4 is 0 Å². The molecule has 6 aliphatic rings. The molecule has 7 N–H and O–H groups in total. The van der Waals surface area contributed by atoms with Crippen LogP contribution in [0.4, 0.5) is 0 Å². The van der Waals surface area contributed by atoms with Gasteiger partial charge in [-0.25, -0.2) is 0 Å². The van der Waals surface area contributed by atoms with Gasteiger partial charge < -0.3 is 59.6 Å². The lowest BCUT2D eigenvalue weighted by atomic mass is 9.67. The Bertz CT molecular complexity index is 690. The van der Waals surface area contributed by atoms with E-state index in [0.29, 0.717) is 6.54 Å². The second-order valence-corrected chi connectivity index (χ2v) is 9.68. The predicted molar refractivity (Wildman–Crippen MR) is 105 cm³/mol. The molecule has 4 heterocycles. The number of rotatable bonds is 8. The zero-order valence-electron chi connectivity index (χ0n) is 18.3. The highest BCUT2D eigenvalue weighted by Gasteiger charge is 2.73. The monoisotopic (exact) mass is 465 g/mol. The fourth-order valence-corrected chi connectivity index (χ4v) is 5.61. The Morgan fingerprint density at radius 2 is 1.41 bits per heavy atom. The van der Waals surface area contributed by atoms with Crippen LogP contribution in [0.15, 0.2) is 0 Å². The molecule has 12 heteroatoms. The minimum atomic E-state index is -1.89. The van der Waals surface area contributed by atoms with Crippen LogP contribution in [0.5, 0.6) is 0 Å². The van der Waals surface area contributed by atoms with E-state index in [4.69, 9.17) is 18.9 Å². The fourth-order valence-electron chi connectivity index (χ4n) is 5.61. The highest BCUT2D eigenvalue weighted by molar-refractivity contribution is 5.17. The quantitative estimate of drug-likeness (QED) is 0.186. The third-order valence-corrected chi connectivity index (χ3v) is 7.62. The van der Waals surface area contributed by atoms with Gasteiger partial charge in [0.25, 0.3) is 0 Å². The summed E-state index contributed by atoms with van der Waals surface area (Å²) < 4.78 is 23.7. The lowest BCUT2D eigenvalue weighted by Gasteiger charge is -2.65. The summed E-state index contributed by atoms with van der Waals surface area (Å²) in [5, 5.41) is 73.7. The lowest BCUT2D eigenvalue weighted by molar-refractivity contribution is -0.486. The number of nitrogens with zero attached hydrogens (tertiary/aromatic N) is 1. The minimum Gasteiger partial charge on any atom is -0.394 e. The molecule has 4 bridgehead atoms. The molecule has 186 valence electrons. The van der Waals surface area contributed by atoms with E-state index in [1.54, 1.807) is 0 Å². The van der Waals surface area contributed by atoms with Gasteiger partial charge in [0.2, 0.25) is 0 Å². The first-order chi connectivity index (χ1) is 15.0. The van der Waals surface area contributed by atoms with Crippen molar-refractivity contribution in [3.05, 3.63) is 0 Å². The van der Waals surface area contributed by atoms with Gasteiger partial charge in [-0.1, -0.05) is 0 Å². The molecule has 0 radical (unpaired) electrons.